The molecule has 1 aromatic rings. The molecular weight excluding hydrogens is 258 g/mol. The summed E-state index contributed by atoms with van der Waals surface area (Å²) in [6, 6.07) is 4.71. The summed E-state index contributed by atoms with van der Waals surface area (Å²) in [6.07, 6.45) is -4.65. The number of aliphatic hydroxyl groups excluding tert-OH is 3. The van der Waals surface area contributed by atoms with Crippen molar-refractivity contribution in [3.63, 3.8) is 0 Å². The molecule has 4 N–H and O–H groups in total. The Hall–Kier alpha value is -1.58. The first-order chi connectivity index (χ1) is 8.86. The van der Waals surface area contributed by atoms with Gasteiger partial charge < -0.3 is 25.2 Å². The third-order valence-electron chi connectivity index (χ3n) is 3.08. The maximum Gasteiger partial charge on any atom is 0.269 e. The fraction of sp³-hybridized carbons (Fsp3) is 0.455. The summed E-state index contributed by atoms with van der Waals surface area (Å²) in [5.74, 6) is -2.21. The fourth-order valence-electron chi connectivity index (χ4n) is 1.91. The average molecular weight is 271 g/mol. The number of non-ortho nitro benzene ring substituents is 1. The summed E-state index contributed by atoms with van der Waals surface area (Å²) < 4.78 is 4.97. The van der Waals surface area contributed by atoms with Gasteiger partial charge >= 0.3 is 0 Å². The van der Waals surface area contributed by atoms with Crippen LogP contribution in [0.2, 0.25) is 0 Å². The minimum absolute atomic E-state index is 0.0524. The van der Waals surface area contributed by atoms with Crippen molar-refractivity contribution < 1.29 is 30.1 Å². The van der Waals surface area contributed by atoms with Crippen LogP contribution in [0.5, 0.6) is 0 Å². The van der Waals surface area contributed by atoms with Gasteiger partial charge in [-0.15, -0.1) is 0 Å². The number of aliphatic hydroxyl groups is 4. The van der Waals surface area contributed by atoms with Crippen molar-refractivity contribution in [2.24, 2.45) is 0 Å². The normalized spacial score (nSPS) is 35.1. The molecule has 104 valence electrons. The van der Waals surface area contributed by atoms with Crippen LogP contribution >= 0.6 is 0 Å². The lowest BCUT2D eigenvalue weighted by Crippen LogP contribution is -2.58. The van der Waals surface area contributed by atoms with Crippen molar-refractivity contribution in [1.29, 1.82) is 0 Å². The summed E-state index contributed by atoms with van der Waals surface area (Å²) in [5, 5.41) is 49.4. The van der Waals surface area contributed by atoms with Crippen LogP contribution in [0.4, 0.5) is 5.69 Å². The Morgan fingerprint density at radius 3 is 2.37 bits per heavy atom. The SMILES string of the molecule is O=[N+]([O-])c1ccc([C@@]2(O)OC[C@H](O)[C@H](O)[C@H]2O)cc1. The van der Waals surface area contributed by atoms with Gasteiger partial charge in [0, 0.05) is 17.7 Å². The monoisotopic (exact) mass is 271 g/mol. The zero-order chi connectivity index (χ0) is 14.2. The number of benzene rings is 1. The quantitative estimate of drug-likeness (QED) is 0.394. The van der Waals surface area contributed by atoms with Gasteiger partial charge in [-0.05, 0) is 12.1 Å². The molecule has 0 aromatic heterocycles. The van der Waals surface area contributed by atoms with E-state index in [1.54, 1.807) is 0 Å². The van der Waals surface area contributed by atoms with Crippen molar-refractivity contribution in [2.45, 2.75) is 24.1 Å². The van der Waals surface area contributed by atoms with Crippen LogP contribution in [0.1, 0.15) is 5.56 Å². The molecule has 1 aliphatic heterocycles. The maximum absolute atomic E-state index is 10.5. The van der Waals surface area contributed by atoms with Crippen LogP contribution in [-0.4, -0.2) is 50.3 Å². The van der Waals surface area contributed by atoms with Crippen LogP contribution < -0.4 is 0 Å². The van der Waals surface area contributed by atoms with Gasteiger partial charge in [0.05, 0.1) is 11.5 Å². The predicted octanol–water partition coefficient (Wildman–Crippen LogP) is -1.15. The molecule has 8 heteroatoms. The minimum Gasteiger partial charge on any atom is -0.388 e. The van der Waals surface area contributed by atoms with E-state index in [-0.39, 0.29) is 17.9 Å². The summed E-state index contributed by atoms with van der Waals surface area (Å²) in [7, 11) is 0. The third-order valence-corrected chi connectivity index (χ3v) is 3.08. The van der Waals surface area contributed by atoms with Crippen LogP contribution in [0.25, 0.3) is 0 Å². The van der Waals surface area contributed by atoms with E-state index in [0.717, 1.165) is 12.1 Å². The molecular formula is C11H13NO7. The third kappa shape index (κ3) is 2.31. The van der Waals surface area contributed by atoms with Crippen molar-refractivity contribution in [3.8, 4) is 0 Å². The van der Waals surface area contributed by atoms with Crippen molar-refractivity contribution in [1.82, 2.24) is 0 Å². The number of hydrogen-bond donors (Lipinski definition) is 4. The van der Waals surface area contributed by atoms with E-state index < -0.39 is 29.0 Å². The Kier molecular flexibility index (Phi) is 3.52. The lowest BCUT2D eigenvalue weighted by atomic mass is 9.91. The molecule has 0 spiro atoms. The lowest BCUT2D eigenvalue weighted by Gasteiger charge is -2.41. The van der Waals surface area contributed by atoms with Gasteiger partial charge in [0.1, 0.15) is 18.3 Å². The number of ether oxygens (including phenoxy) is 1. The largest absolute Gasteiger partial charge is 0.388 e. The van der Waals surface area contributed by atoms with Crippen molar-refractivity contribution >= 4 is 5.69 Å². The number of nitrogens with zero attached hydrogens (tertiary/aromatic N) is 1. The Morgan fingerprint density at radius 1 is 1.26 bits per heavy atom. The van der Waals surface area contributed by atoms with Gasteiger partial charge in [-0.25, -0.2) is 0 Å². The van der Waals surface area contributed by atoms with Gasteiger partial charge in [0.15, 0.2) is 0 Å². The molecule has 1 aromatic carbocycles. The predicted molar refractivity (Wildman–Crippen MR) is 61.0 cm³/mol. The Labute approximate surface area is 107 Å². The molecule has 1 aliphatic rings. The lowest BCUT2D eigenvalue weighted by molar-refractivity contribution is -0.385. The number of rotatable bonds is 2. The fourth-order valence-corrected chi connectivity index (χ4v) is 1.91. The first-order valence-electron chi connectivity index (χ1n) is 5.51. The van der Waals surface area contributed by atoms with E-state index in [4.69, 9.17) is 4.74 Å². The van der Waals surface area contributed by atoms with Gasteiger partial charge in [-0.1, -0.05) is 0 Å². The molecule has 4 atom stereocenters. The first kappa shape index (κ1) is 13.8. The summed E-state index contributed by atoms with van der Waals surface area (Å²) in [5.41, 5.74) is -0.130. The molecule has 0 bridgehead atoms. The van der Waals surface area contributed by atoms with Gasteiger partial charge in [0.2, 0.25) is 5.79 Å². The molecule has 1 heterocycles. The van der Waals surface area contributed by atoms with E-state index in [9.17, 15) is 30.5 Å². The van der Waals surface area contributed by atoms with Crippen LogP contribution in [0.3, 0.4) is 0 Å². The molecule has 0 aliphatic carbocycles. The molecule has 0 amide bonds. The summed E-state index contributed by atoms with van der Waals surface area (Å²) >= 11 is 0. The molecule has 19 heavy (non-hydrogen) atoms. The van der Waals surface area contributed by atoms with Crippen LogP contribution in [-0.2, 0) is 10.5 Å². The molecule has 0 radical (unpaired) electrons. The topological polar surface area (TPSA) is 133 Å². The van der Waals surface area contributed by atoms with E-state index >= 15 is 0 Å². The molecule has 0 unspecified atom stereocenters. The smallest absolute Gasteiger partial charge is 0.269 e. The zero-order valence-corrected chi connectivity index (χ0v) is 9.71. The Morgan fingerprint density at radius 2 is 1.84 bits per heavy atom. The van der Waals surface area contributed by atoms with E-state index in [2.05, 4.69) is 0 Å². The van der Waals surface area contributed by atoms with E-state index in [0.29, 0.717) is 0 Å². The van der Waals surface area contributed by atoms with Crippen molar-refractivity contribution in [2.75, 3.05) is 6.61 Å². The highest BCUT2D eigenvalue weighted by atomic mass is 16.6. The highest BCUT2D eigenvalue weighted by molar-refractivity contribution is 5.35. The minimum atomic E-state index is -2.21. The molecule has 1 fully saturated rings. The average Bonchev–Trinajstić information content (AvgIpc) is 2.41. The van der Waals surface area contributed by atoms with E-state index in [1.807, 2.05) is 0 Å². The van der Waals surface area contributed by atoms with Gasteiger partial charge in [-0.3, -0.25) is 10.1 Å². The second-order valence-electron chi connectivity index (χ2n) is 4.31. The highest BCUT2D eigenvalue weighted by Crippen LogP contribution is 2.34. The van der Waals surface area contributed by atoms with Gasteiger partial charge in [-0.2, -0.15) is 0 Å². The van der Waals surface area contributed by atoms with Crippen LogP contribution in [0.15, 0.2) is 24.3 Å². The Bertz CT molecular complexity index is 476. The number of nitro groups is 1. The molecule has 8 nitrogen and oxygen atoms in total. The Balaban J connectivity index is 2.31. The summed E-state index contributed by atoms with van der Waals surface area (Å²) in [6.45, 7) is -0.369. The molecule has 1 saturated heterocycles. The van der Waals surface area contributed by atoms with Crippen LogP contribution in [0, 0.1) is 10.1 Å². The molecule has 0 saturated carbocycles. The highest BCUT2D eigenvalue weighted by Gasteiger charge is 2.49. The van der Waals surface area contributed by atoms with Gasteiger partial charge in [0.25, 0.3) is 5.69 Å². The zero-order valence-electron chi connectivity index (χ0n) is 9.71. The second-order valence-corrected chi connectivity index (χ2v) is 4.31. The number of hydrogen-bond acceptors (Lipinski definition) is 7. The maximum atomic E-state index is 10.5. The summed E-state index contributed by atoms with van der Waals surface area (Å²) in [4.78, 5) is 9.91. The van der Waals surface area contributed by atoms with Crippen molar-refractivity contribution in [3.05, 3.63) is 39.9 Å². The number of nitro benzene ring substituents is 1. The molecule has 2 rings (SSSR count). The first-order valence-corrected chi connectivity index (χ1v) is 5.51. The van der Waals surface area contributed by atoms with E-state index in [1.165, 1.54) is 12.1 Å². The second kappa shape index (κ2) is 4.83. The standard InChI is InChI=1S/C11H13NO7/c13-8-5-19-11(16,10(15)9(8)14)6-1-3-7(4-2-6)12(17)18/h1-4,8-10,13-16H,5H2/t8-,9-,10+,11+/m0/s1.